The molecule has 2 aromatic rings. The van der Waals surface area contributed by atoms with Crippen molar-refractivity contribution in [3.05, 3.63) is 36.4 Å². The number of nitrogens with one attached hydrogen (secondary N) is 2. The van der Waals surface area contributed by atoms with E-state index in [2.05, 4.69) is 0 Å². The van der Waals surface area contributed by atoms with E-state index in [1.165, 1.54) is 6.07 Å². The monoisotopic (exact) mass is 335 g/mol. The molecule has 2 rings (SSSR count). The van der Waals surface area contributed by atoms with Crippen molar-refractivity contribution in [1.82, 2.24) is 0 Å². The fourth-order valence-electron chi connectivity index (χ4n) is 2.25. The number of rotatable bonds is 4. The van der Waals surface area contributed by atoms with Crippen molar-refractivity contribution >= 4 is 43.8 Å². The zero-order valence-electron chi connectivity index (χ0n) is 12.6. The minimum absolute atomic E-state index is 0.0368. The van der Waals surface area contributed by atoms with Gasteiger partial charge in [0.1, 0.15) is 0 Å². The third-order valence-corrected chi connectivity index (χ3v) is 5.12. The highest BCUT2D eigenvalue weighted by Gasteiger charge is 2.30. The molecule has 0 radical (unpaired) electrons. The van der Waals surface area contributed by atoms with E-state index in [1.807, 2.05) is 25.1 Å². The van der Waals surface area contributed by atoms with Gasteiger partial charge in [0.15, 0.2) is 10.8 Å². The number of fused-ring (bicyclic) bond motifs is 1. The maximum absolute atomic E-state index is 10.8. The van der Waals surface area contributed by atoms with Crippen LogP contribution in [0.25, 0.3) is 10.8 Å². The lowest BCUT2D eigenvalue weighted by Crippen LogP contribution is -2.27. The van der Waals surface area contributed by atoms with Gasteiger partial charge in [-0.1, -0.05) is 24.3 Å². The highest BCUT2D eigenvalue weighted by molar-refractivity contribution is 8.38. The van der Waals surface area contributed by atoms with Crippen LogP contribution >= 0.6 is 10.6 Å². The molecule has 0 aliphatic heterocycles. The van der Waals surface area contributed by atoms with Crippen LogP contribution in [0.3, 0.4) is 0 Å². The van der Waals surface area contributed by atoms with Crippen LogP contribution in [-0.4, -0.2) is 45.0 Å². The Balaban J connectivity index is 2.68. The third kappa shape index (κ3) is 2.91. The number of aliphatic carboxylic acids is 1. The molecular formula is C15H17N3O4S. The van der Waals surface area contributed by atoms with E-state index >= 15 is 0 Å². The third-order valence-electron chi connectivity index (χ3n) is 3.37. The molecule has 2 aromatic carbocycles. The van der Waals surface area contributed by atoms with Gasteiger partial charge in [0, 0.05) is 30.6 Å². The maximum Gasteiger partial charge on any atom is 0.357 e. The molecule has 7 nitrogen and oxygen atoms in total. The Morgan fingerprint density at radius 3 is 2.17 bits per heavy atom. The van der Waals surface area contributed by atoms with Gasteiger partial charge in [-0.25, -0.2) is 4.79 Å². The Hall–Kier alpha value is -2.42. The highest BCUT2D eigenvalue weighted by atomic mass is 32.3. The zero-order chi connectivity index (χ0) is 17.4. The van der Waals surface area contributed by atoms with Crippen LogP contribution in [0.2, 0.25) is 0 Å². The number of hydrogen-bond donors (Lipinski definition) is 5. The molecule has 0 fully saturated rings. The number of carboxylic acid groups (broad SMARTS) is 1. The van der Waals surface area contributed by atoms with Crippen molar-refractivity contribution in [2.75, 3.05) is 19.0 Å². The van der Waals surface area contributed by atoms with Gasteiger partial charge in [-0.15, -0.1) is 10.6 Å². The van der Waals surface area contributed by atoms with Gasteiger partial charge < -0.3 is 10.0 Å². The van der Waals surface area contributed by atoms with E-state index in [-0.39, 0.29) is 4.90 Å². The van der Waals surface area contributed by atoms with Crippen molar-refractivity contribution in [3.63, 3.8) is 0 Å². The van der Waals surface area contributed by atoms with Gasteiger partial charge in [0.25, 0.3) is 0 Å². The molecule has 0 spiro atoms. The summed E-state index contributed by atoms with van der Waals surface area (Å²) in [5.74, 6) is -1.68. The molecule has 122 valence electrons. The van der Waals surface area contributed by atoms with Gasteiger partial charge in [-0.2, -0.15) is 0 Å². The van der Waals surface area contributed by atoms with Crippen LogP contribution in [0.15, 0.2) is 41.3 Å². The van der Waals surface area contributed by atoms with Crippen molar-refractivity contribution in [3.8, 4) is 0 Å². The summed E-state index contributed by atoms with van der Waals surface area (Å²) in [6.45, 7) is 0. The highest BCUT2D eigenvalue weighted by Crippen LogP contribution is 2.52. The molecule has 8 heteroatoms. The molecule has 0 bridgehead atoms. The number of carboxylic acids is 1. The summed E-state index contributed by atoms with van der Waals surface area (Å²) < 4.78 is 20.8. The van der Waals surface area contributed by atoms with Gasteiger partial charge in [0.05, 0.1) is 4.90 Å². The van der Waals surface area contributed by atoms with E-state index in [0.29, 0.717) is 5.39 Å². The lowest BCUT2D eigenvalue weighted by atomic mass is 10.1. The van der Waals surface area contributed by atoms with Crippen LogP contribution < -0.4 is 4.90 Å². The van der Waals surface area contributed by atoms with Crippen LogP contribution in [0.1, 0.15) is 0 Å². The summed E-state index contributed by atoms with van der Waals surface area (Å²) in [6.07, 6.45) is 0. The van der Waals surface area contributed by atoms with Crippen molar-refractivity contribution in [1.29, 1.82) is 10.8 Å². The molecule has 0 amide bonds. The average Bonchev–Trinajstić information content (AvgIpc) is 2.51. The molecule has 0 saturated heterocycles. The van der Waals surface area contributed by atoms with Crippen molar-refractivity contribution in [2.24, 2.45) is 0 Å². The first-order valence-corrected chi connectivity index (χ1v) is 8.10. The molecule has 0 unspecified atom stereocenters. The predicted octanol–water partition coefficient (Wildman–Crippen LogP) is 3.10. The van der Waals surface area contributed by atoms with Crippen LogP contribution in [0, 0.1) is 10.8 Å². The number of nitrogens with zero attached hydrogens (tertiary/aromatic N) is 1. The average molecular weight is 335 g/mol. The topological polar surface area (TPSA) is 129 Å². The molecule has 0 heterocycles. The summed E-state index contributed by atoms with van der Waals surface area (Å²) in [5, 5.41) is 24.1. The molecule has 0 saturated carbocycles. The summed E-state index contributed by atoms with van der Waals surface area (Å²) >= 11 is 0. The number of carbonyl (C=O) groups is 1. The Morgan fingerprint density at radius 1 is 1.04 bits per heavy atom. The second-order valence-electron chi connectivity index (χ2n) is 5.08. The summed E-state index contributed by atoms with van der Waals surface area (Å²) in [6, 6.07) is 10.1. The maximum atomic E-state index is 10.8. The SMILES string of the molecule is CN(C)c1cccc2c(S(O)(O)C(=N)C(=N)C(=O)O)cccc12. The molecule has 0 atom stereocenters. The van der Waals surface area contributed by atoms with Crippen molar-refractivity contribution < 1.29 is 19.0 Å². The fraction of sp³-hybridized carbons (Fsp3) is 0.133. The Kier molecular flexibility index (Phi) is 4.42. The second kappa shape index (κ2) is 5.99. The van der Waals surface area contributed by atoms with Crippen LogP contribution in [0.4, 0.5) is 5.69 Å². The smallest absolute Gasteiger partial charge is 0.357 e. The molecular weight excluding hydrogens is 318 g/mol. The van der Waals surface area contributed by atoms with Gasteiger partial charge in [0.2, 0.25) is 0 Å². The lowest BCUT2D eigenvalue weighted by molar-refractivity contribution is -0.129. The number of anilines is 1. The predicted molar refractivity (Wildman–Crippen MR) is 92.5 cm³/mol. The minimum Gasteiger partial charge on any atom is -0.476 e. The Labute approximate surface area is 134 Å². The minimum atomic E-state index is -3.89. The second-order valence-corrected chi connectivity index (χ2v) is 7.03. The van der Waals surface area contributed by atoms with Crippen molar-refractivity contribution in [2.45, 2.75) is 4.90 Å². The molecule has 23 heavy (non-hydrogen) atoms. The first kappa shape index (κ1) is 16.9. The standard InChI is InChI=1S/C15H17N3O4S/c1-18(2)11-7-3-6-10-9(11)5-4-8-12(10)23(21,22)14(17)13(16)15(19)20/h3-8,16-17,21-22H,1-2H3,(H,19,20). The summed E-state index contributed by atoms with van der Waals surface area (Å²) in [5.41, 5.74) is -0.287. The van der Waals surface area contributed by atoms with Crippen LogP contribution in [-0.2, 0) is 4.79 Å². The Bertz CT molecular complexity index is 817. The first-order chi connectivity index (χ1) is 10.7. The number of benzene rings is 2. The quantitative estimate of drug-likeness (QED) is 0.433. The van der Waals surface area contributed by atoms with E-state index in [9.17, 15) is 13.9 Å². The Morgan fingerprint density at radius 2 is 1.61 bits per heavy atom. The largest absolute Gasteiger partial charge is 0.476 e. The van der Waals surface area contributed by atoms with E-state index in [4.69, 9.17) is 15.9 Å². The summed E-state index contributed by atoms with van der Waals surface area (Å²) in [4.78, 5) is 12.7. The number of hydrogen-bond acceptors (Lipinski definition) is 6. The van der Waals surface area contributed by atoms with Gasteiger partial charge in [-0.05, 0) is 12.1 Å². The normalized spacial score (nSPS) is 12.0. The van der Waals surface area contributed by atoms with Gasteiger partial charge in [-0.3, -0.25) is 19.9 Å². The molecule has 0 aliphatic rings. The van der Waals surface area contributed by atoms with Gasteiger partial charge >= 0.3 is 5.97 Å². The summed E-state index contributed by atoms with van der Waals surface area (Å²) in [7, 11) is -0.195. The molecule has 0 aromatic heterocycles. The van der Waals surface area contributed by atoms with E-state index in [0.717, 1.165) is 11.1 Å². The molecule has 5 N–H and O–H groups in total. The zero-order valence-corrected chi connectivity index (χ0v) is 13.4. The van der Waals surface area contributed by atoms with Crippen LogP contribution in [0.5, 0.6) is 0 Å². The fourth-order valence-corrected chi connectivity index (χ4v) is 3.60. The first-order valence-electron chi connectivity index (χ1n) is 6.56. The lowest BCUT2D eigenvalue weighted by Gasteiger charge is -2.33. The molecule has 0 aliphatic carbocycles. The van der Waals surface area contributed by atoms with E-state index < -0.39 is 27.3 Å². The van der Waals surface area contributed by atoms with E-state index in [1.54, 1.807) is 24.3 Å².